The van der Waals surface area contributed by atoms with E-state index in [1.54, 1.807) is 0 Å². The first-order valence-corrected chi connectivity index (χ1v) is 8.55. The van der Waals surface area contributed by atoms with Gasteiger partial charge in [-0.1, -0.05) is 19.1 Å². The molecule has 0 saturated heterocycles. The molecule has 0 spiro atoms. The Kier molecular flexibility index (Phi) is 6.56. The first kappa shape index (κ1) is 18.4. The third kappa shape index (κ3) is 4.75. The Morgan fingerprint density at radius 2 is 2.17 bits per heavy atom. The summed E-state index contributed by atoms with van der Waals surface area (Å²) >= 11 is 0. The molecule has 1 aromatic rings. The molecule has 128 valence electrons. The molecule has 1 aliphatic heterocycles. The first-order chi connectivity index (χ1) is 10.7. The lowest BCUT2D eigenvalue weighted by Crippen LogP contribution is -2.39. The Hall–Kier alpha value is -0.980. The van der Waals surface area contributed by atoms with Crippen LogP contribution in [0.3, 0.4) is 0 Å². The average molecular weight is 428 g/mol. The van der Waals surface area contributed by atoms with Crippen LogP contribution in [0.4, 0.5) is 5.69 Å². The second kappa shape index (κ2) is 8.22. The summed E-state index contributed by atoms with van der Waals surface area (Å²) < 4.78 is 0. The van der Waals surface area contributed by atoms with E-state index in [1.807, 2.05) is 0 Å². The van der Waals surface area contributed by atoms with E-state index in [4.69, 9.17) is 4.99 Å². The van der Waals surface area contributed by atoms with Crippen molar-refractivity contribution in [2.45, 2.75) is 45.7 Å². The molecule has 3 rings (SSSR count). The van der Waals surface area contributed by atoms with Gasteiger partial charge < -0.3 is 15.5 Å². The molecule has 1 saturated carbocycles. The summed E-state index contributed by atoms with van der Waals surface area (Å²) in [4.78, 5) is 7.10. The smallest absolute Gasteiger partial charge is 0.191 e. The predicted octanol–water partition coefficient (Wildman–Crippen LogP) is 3.15. The largest absolute Gasteiger partial charge is 0.374 e. The van der Waals surface area contributed by atoms with Crippen LogP contribution in [-0.2, 0) is 13.0 Å². The van der Waals surface area contributed by atoms with Gasteiger partial charge in [0.1, 0.15) is 0 Å². The maximum absolute atomic E-state index is 4.75. The van der Waals surface area contributed by atoms with E-state index < -0.39 is 0 Å². The van der Waals surface area contributed by atoms with Crippen LogP contribution in [0.5, 0.6) is 0 Å². The van der Waals surface area contributed by atoms with Crippen molar-refractivity contribution in [3.63, 3.8) is 0 Å². The van der Waals surface area contributed by atoms with Gasteiger partial charge in [-0.2, -0.15) is 0 Å². The molecule has 2 unspecified atom stereocenters. The van der Waals surface area contributed by atoms with Crippen molar-refractivity contribution >= 4 is 35.6 Å². The number of halogens is 1. The highest BCUT2D eigenvalue weighted by molar-refractivity contribution is 14.0. The molecule has 2 aliphatic rings. The van der Waals surface area contributed by atoms with Crippen molar-refractivity contribution in [1.82, 2.24) is 10.6 Å². The lowest BCUT2D eigenvalue weighted by Gasteiger charge is -2.27. The molecule has 1 fully saturated rings. The van der Waals surface area contributed by atoms with Crippen LogP contribution in [0.25, 0.3) is 0 Å². The van der Waals surface area contributed by atoms with Crippen LogP contribution in [0, 0.1) is 5.92 Å². The fraction of sp³-hybridized carbons (Fsp3) is 0.611. The van der Waals surface area contributed by atoms with Crippen molar-refractivity contribution in [3.8, 4) is 0 Å². The zero-order valence-electron chi connectivity index (χ0n) is 14.4. The highest BCUT2D eigenvalue weighted by Crippen LogP contribution is 2.29. The van der Waals surface area contributed by atoms with E-state index in [-0.39, 0.29) is 24.0 Å². The summed E-state index contributed by atoms with van der Waals surface area (Å²) in [5.74, 6) is 1.73. The molecule has 0 amide bonds. The van der Waals surface area contributed by atoms with Crippen LogP contribution in [0.1, 0.15) is 37.8 Å². The minimum absolute atomic E-state index is 0. The molecule has 2 N–H and O–H groups in total. The number of benzene rings is 1. The molecular weight excluding hydrogens is 399 g/mol. The van der Waals surface area contributed by atoms with Gasteiger partial charge in [-0.15, -0.1) is 24.0 Å². The van der Waals surface area contributed by atoms with E-state index in [0.717, 1.165) is 25.0 Å². The van der Waals surface area contributed by atoms with Crippen molar-refractivity contribution in [2.75, 3.05) is 25.0 Å². The van der Waals surface area contributed by atoms with Crippen LogP contribution < -0.4 is 15.5 Å². The lowest BCUT2D eigenvalue weighted by atomic mass is 10.00. The van der Waals surface area contributed by atoms with E-state index >= 15 is 0 Å². The number of hydrogen-bond donors (Lipinski definition) is 2. The van der Waals surface area contributed by atoms with Gasteiger partial charge in [-0.25, -0.2) is 4.99 Å². The zero-order valence-corrected chi connectivity index (χ0v) is 16.8. The highest BCUT2D eigenvalue weighted by Gasteiger charge is 2.33. The molecule has 0 bridgehead atoms. The van der Waals surface area contributed by atoms with Gasteiger partial charge in [0.05, 0.1) is 6.54 Å². The van der Waals surface area contributed by atoms with Crippen molar-refractivity contribution < 1.29 is 0 Å². The van der Waals surface area contributed by atoms with Crippen molar-refractivity contribution in [2.24, 2.45) is 10.9 Å². The maximum Gasteiger partial charge on any atom is 0.191 e. The number of rotatable bonds is 4. The summed E-state index contributed by atoms with van der Waals surface area (Å²) in [6.07, 6.45) is 3.70. The van der Waals surface area contributed by atoms with Gasteiger partial charge in [0.2, 0.25) is 0 Å². The number of aliphatic imine (C=N–C) groups is 1. The summed E-state index contributed by atoms with van der Waals surface area (Å²) in [6, 6.07) is 7.41. The average Bonchev–Trinajstić information content (AvgIpc) is 3.20. The normalized spacial score (nSPS) is 22.9. The van der Waals surface area contributed by atoms with Crippen LogP contribution >= 0.6 is 24.0 Å². The number of hydrogen-bond acceptors (Lipinski definition) is 2. The molecule has 1 aliphatic carbocycles. The molecular formula is C18H29IN4. The first-order valence-electron chi connectivity index (χ1n) is 8.55. The Morgan fingerprint density at radius 3 is 2.87 bits per heavy atom. The fourth-order valence-corrected chi connectivity index (χ4v) is 3.13. The Labute approximate surface area is 157 Å². The molecule has 23 heavy (non-hydrogen) atoms. The molecule has 2 atom stereocenters. The Morgan fingerprint density at radius 1 is 1.39 bits per heavy atom. The van der Waals surface area contributed by atoms with Crippen LogP contribution in [0.15, 0.2) is 23.2 Å². The van der Waals surface area contributed by atoms with Gasteiger partial charge in [0, 0.05) is 31.9 Å². The number of aryl methyl sites for hydroxylation is 1. The molecule has 5 heteroatoms. The molecule has 0 aromatic heterocycles. The summed E-state index contributed by atoms with van der Waals surface area (Å²) in [5.41, 5.74) is 4.15. The molecule has 0 radical (unpaired) electrons. The number of nitrogens with zero attached hydrogens (tertiary/aromatic N) is 2. The number of nitrogens with one attached hydrogen (secondary N) is 2. The maximum atomic E-state index is 4.75. The second-order valence-electron chi connectivity index (χ2n) is 6.65. The Bertz CT molecular complexity index is 558. The monoisotopic (exact) mass is 428 g/mol. The van der Waals surface area contributed by atoms with Gasteiger partial charge >= 0.3 is 0 Å². The van der Waals surface area contributed by atoms with Gasteiger partial charge in [-0.05, 0) is 49.3 Å². The van der Waals surface area contributed by atoms with E-state index in [0.29, 0.717) is 6.04 Å². The zero-order chi connectivity index (χ0) is 15.5. The fourth-order valence-electron chi connectivity index (χ4n) is 3.13. The summed E-state index contributed by atoms with van der Waals surface area (Å²) in [5, 5.41) is 6.86. The van der Waals surface area contributed by atoms with Crippen LogP contribution in [-0.4, -0.2) is 32.1 Å². The second-order valence-corrected chi connectivity index (χ2v) is 6.65. The third-order valence-electron chi connectivity index (χ3n) is 4.69. The third-order valence-corrected chi connectivity index (χ3v) is 4.69. The van der Waals surface area contributed by atoms with Gasteiger partial charge in [0.15, 0.2) is 5.96 Å². The predicted molar refractivity (Wildman–Crippen MR) is 109 cm³/mol. The van der Waals surface area contributed by atoms with Crippen molar-refractivity contribution in [1.29, 1.82) is 0 Å². The quantitative estimate of drug-likeness (QED) is 0.440. The topological polar surface area (TPSA) is 39.7 Å². The molecule has 4 nitrogen and oxygen atoms in total. The van der Waals surface area contributed by atoms with E-state index in [9.17, 15) is 0 Å². The van der Waals surface area contributed by atoms with Gasteiger partial charge in [-0.3, -0.25) is 0 Å². The number of fused-ring (bicyclic) bond motifs is 1. The Balaban J connectivity index is 0.00000192. The molecule has 1 aromatic carbocycles. The van der Waals surface area contributed by atoms with Crippen LogP contribution in [0.2, 0.25) is 0 Å². The van der Waals surface area contributed by atoms with Gasteiger partial charge in [0.25, 0.3) is 0 Å². The van der Waals surface area contributed by atoms with Crippen molar-refractivity contribution in [3.05, 3.63) is 29.3 Å². The van der Waals surface area contributed by atoms with E-state index in [1.165, 1.54) is 42.6 Å². The SMILES string of the molecule is CCNC(=NCc1ccc2c(c1)CCCN2C)NC1CC1C.I. The molecule has 1 heterocycles. The number of anilines is 1. The minimum Gasteiger partial charge on any atom is -0.374 e. The van der Waals surface area contributed by atoms with E-state index in [2.05, 4.69) is 54.6 Å². The lowest BCUT2D eigenvalue weighted by molar-refractivity contribution is 0.742. The minimum atomic E-state index is 0. The standard InChI is InChI=1S/C18H28N4.HI/c1-4-19-18(21-16-10-13(16)2)20-12-14-7-8-17-15(11-14)6-5-9-22(17)3;/h7-8,11,13,16H,4-6,9-10,12H2,1-3H3,(H2,19,20,21);1H. The summed E-state index contributed by atoms with van der Waals surface area (Å²) in [7, 11) is 2.18. The summed E-state index contributed by atoms with van der Waals surface area (Å²) in [6.45, 7) is 7.21. The number of guanidine groups is 1. The highest BCUT2D eigenvalue weighted by atomic mass is 127.